The molecule has 0 radical (unpaired) electrons. The minimum atomic E-state index is -0.788. The highest BCUT2D eigenvalue weighted by Crippen LogP contribution is 2.27. The zero-order valence-corrected chi connectivity index (χ0v) is 13.1. The van der Waals surface area contributed by atoms with Crippen molar-refractivity contribution in [2.45, 2.75) is 26.3 Å². The molecule has 0 unspecified atom stereocenters. The molecule has 0 aromatic heterocycles. The summed E-state index contributed by atoms with van der Waals surface area (Å²) < 4.78 is 0. The van der Waals surface area contributed by atoms with Gasteiger partial charge < -0.3 is 10.2 Å². The van der Waals surface area contributed by atoms with Gasteiger partial charge in [-0.3, -0.25) is 14.6 Å². The summed E-state index contributed by atoms with van der Waals surface area (Å²) in [5.74, 6) is 0.314. The number of carbonyl (C=O) groups excluding carboxylic acids is 2. The summed E-state index contributed by atoms with van der Waals surface area (Å²) in [6, 6.07) is 7.19. The van der Waals surface area contributed by atoms with Gasteiger partial charge in [-0.25, -0.2) is 0 Å². The Morgan fingerprint density at radius 1 is 1.29 bits per heavy atom. The molecule has 1 N–H and O–H groups in total. The summed E-state index contributed by atoms with van der Waals surface area (Å²) in [6.45, 7) is 5.74. The fraction of sp³-hybridized carbons (Fsp3) is 0.438. The normalized spacial score (nSPS) is 21.2. The molecule has 1 aromatic carbocycles. The third-order valence-electron chi connectivity index (χ3n) is 3.98. The van der Waals surface area contributed by atoms with E-state index in [0.29, 0.717) is 17.0 Å². The first-order valence-corrected chi connectivity index (χ1v) is 6.99. The molecule has 5 heteroatoms. The Kier molecular flexibility index (Phi) is 3.85. The number of hydrogen-bond donors (Lipinski definition) is 1. The second-order valence-electron chi connectivity index (χ2n) is 5.96. The lowest BCUT2D eigenvalue weighted by molar-refractivity contribution is -0.124. The molecule has 21 heavy (non-hydrogen) atoms. The Morgan fingerprint density at radius 2 is 1.90 bits per heavy atom. The average Bonchev–Trinajstić information content (AvgIpc) is 2.75. The molecule has 1 atom stereocenters. The van der Waals surface area contributed by atoms with Crippen molar-refractivity contribution < 1.29 is 9.59 Å². The van der Waals surface area contributed by atoms with Crippen LogP contribution >= 0.6 is 0 Å². The standard InChI is InChI=1S/C16H21N3O2/c1-10(2)16(3)15(21)17-13(18-16)11-8-6-7-9-12(11)14(20)19(4)5/h6-10H,1-5H3,(H,17,18,21)/t16-/m0/s1. The fourth-order valence-electron chi connectivity index (χ4n) is 2.18. The third-order valence-corrected chi connectivity index (χ3v) is 3.98. The lowest BCUT2D eigenvalue weighted by atomic mass is 9.89. The van der Waals surface area contributed by atoms with Crippen LogP contribution in [0.2, 0.25) is 0 Å². The highest BCUT2D eigenvalue weighted by Gasteiger charge is 2.42. The summed E-state index contributed by atoms with van der Waals surface area (Å²) in [7, 11) is 3.40. The van der Waals surface area contributed by atoms with Gasteiger partial charge in [0.15, 0.2) is 0 Å². The molecule has 2 amide bonds. The van der Waals surface area contributed by atoms with E-state index in [4.69, 9.17) is 0 Å². The van der Waals surface area contributed by atoms with Crippen LogP contribution in [-0.4, -0.2) is 42.2 Å². The summed E-state index contributed by atoms with van der Waals surface area (Å²) in [6.07, 6.45) is 0. The lowest BCUT2D eigenvalue weighted by Gasteiger charge is -2.21. The van der Waals surface area contributed by atoms with Crippen molar-refractivity contribution in [2.24, 2.45) is 10.9 Å². The van der Waals surface area contributed by atoms with Gasteiger partial charge in [-0.1, -0.05) is 32.0 Å². The predicted octanol–water partition coefficient (Wildman–Crippen LogP) is 1.68. The van der Waals surface area contributed by atoms with Crippen LogP contribution in [0.25, 0.3) is 0 Å². The Hall–Kier alpha value is -2.17. The molecular formula is C16H21N3O2. The predicted molar refractivity (Wildman–Crippen MR) is 82.4 cm³/mol. The maximum absolute atomic E-state index is 12.3. The smallest absolute Gasteiger partial charge is 0.254 e. The number of aliphatic imine (C=N–C) groups is 1. The number of rotatable bonds is 3. The molecule has 1 aliphatic rings. The van der Waals surface area contributed by atoms with E-state index in [-0.39, 0.29) is 17.7 Å². The van der Waals surface area contributed by atoms with Crippen LogP contribution in [0.15, 0.2) is 29.3 Å². The summed E-state index contributed by atoms with van der Waals surface area (Å²) in [4.78, 5) is 30.5. The Morgan fingerprint density at radius 3 is 2.43 bits per heavy atom. The maximum Gasteiger partial charge on any atom is 0.254 e. The van der Waals surface area contributed by atoms with E-state index in [0.717, 1.165) is 0 Å². The van der Waals surface area contributed by atoms with Crippen molar-refractivity contribution in [3.63, 3.8) is 0 Å². The van der Waals surface area contributed by atoms with Crippen LogP contribution in [0, 0.1) is 5.92 Å². The van der Waals surface area contributed by atoms with E-state index >= 15 is 0 Å². The summed E-state index contributed by atoms with van der Waals surface area (Å²) >= 11 is 0. The number of amides is 2. The van der Waals surface area contributed by atoms with E-state index in [1.54, 1.807) is 26.2 Å². The number of carbonyl (C=O) groups is 2. The molecule has 0 saturated heterocycles. The quantitative estimate of drug-likeness (QED) is 0.919. The minimum Gasteiger partial charge on any atom is -0.345 e. The van der Waals surface area contributed by atoms with Crippen LogP contribution in [0.4, 0.5) is 0 Å². The molecule has 0 fully saturated rings. The first kappa shape index (κ1) is 15.2. The van der Waals surface area contributed by atoms with E-state index in [9.17, 15) is 9.59 Å². The number of nitrogens with one attached hydrogen (secondary N) is 1. The number of hydrogen-bond acceptors (Lipinski definition) is 3. The van der Waals surface area contributed by atoms with Crippen LogP contribution in [0.1, 0.15) is 36.7 Å². The van der Waals surface area contributed by atoms with Crippen molar-refractivity contribution >= 4 is 17.6 Å². The molecule has 1 aliphatic heterocycles. The first-order valence-electron chi connectivity index (χ1n) is 6.99. The topological polar surface area (TPSA) is 61.8 Å². The number of nitrogens with zero attached hydrogens (tertiary/aromatic N) is 2. The summed E-state index contributed by atoms with van der Waals surface area (Å²) in [5.41, 5.74) is 0.410. The Balaban J connectivity index is 2.50. The maximum atomic E-state index is 12.3. The number of benzene rings is 1. The number of amidine groups is 1. The van der Waals surface area contributed by atoms with Crippen molar-refractivity contribution in [3.8, 4) is 0 Å². The molecule has 0 aliphatic carbocycles. The molecule has 1 aromatic rings. The van der Waals surface area contributed by atoms with Gasteiger partial charge >= 0.3 is 0 Å². The van der Waals surface area contributed by atoms with Crippen molar-refractivity contribution in [2.75, 3.05) is 14.1 Å². The minimum absolute atomic E-state index is 0.0757. The van der Waals surface area contributed by atoms with E-state index in [1.165, 1.54) is 4.90 Å². The van der Waals surface area contributed by atoms with E-state index < -0.39 is 5.54 Å². The van der Waals surface area contributed by atoms with Gasteiger partial charge in [-0.2, -0.15) is 0 Å². The van der Waals surface area contributed by atoms with Gasteiger partial charge in [0.1, 0.15) is 11.4 Å². The highest BCUT2D eigenvalue weighted by atomic mass is 16.2. The van der Waals surface area contributed by atoms with Gasteiger partial charge in [0, 0.05) is 19.7 Å². The molecule has 5 nitrogen and oxygen atoms in total. The monoisotopic (exact) mass is 287 g/mol. The van der Waals surface area contributed by atoms with Crippen LogP contribution in [0.3, 0.4) is 0 Å². The van der Waals surface area contributed by atoms with Crippen LogP contribution < -0.4 is 5.32 Å². The molecular weight excluding hydrogens is 266 g/mol. The van der Waals surface area contributed by atoms with Crippen molar-refractivity contribution in [1.82, 2.24) is 10.2 Å². The van der Waals surface area contributed by atoms with E-state index in [1.807, 2.05) is 32.9 Å². The summed E-state index contributed by atoms with van der Waals surface area (Å²) in [5, 5.41) is 2.82. The Labute approximate surface area is 125 Å². The van der Waals surface area contributed by atoms with Crippen molar-refractivity contribution in [1.29, 1.82) is 0 Å². The van der Waals surface area contributed by atoms with Gasteiger partial charge in [0.2, 0.25) is 0 Å². The molecule has 0 spiro atoms. The average molecular weight is 287 g/mol. The zero-order valence-electron chi connectivity index (χ0n) is 13.1. The van der Waals surface area contributed by atoms with Gasteiger partial charge in [0.25, 0.3) is 11.8 Å². The second-order valence-corrected chi connectivity index (χ2v) is 5.96. The molecule has 1 heterocycles. The molecule has 0 bridgehead atoms. The highest BCUT2D eigenvalue weighted by molar-refractivity contribution is 6.18. The third kappa shape index (κ3) is 2.55. The molecule has 2 rings (SSSR count). The van der Waals surface area contributed by atoms with Gasteiger partial charge in [0.05, 0.1) is 5.56 Å². The van der Waals surface area contributed by atoms with Crippen LogP contribution in [-0.2, 0) is 4.79 Å². The molecule has 112 valence electrons. The Bertz CT molecular complexity index is 620. The largest absolute Gasteiger partial charge is 0.345 e. The first-order chi connectivity index (χ1) is 9.77. The van der Waals surface area contributed by atoms with Crippen LogP contribution in [0.5, 0.6) is 0 Å². The SMILES string of the molecule is CC(C)[C@]1(C)N=C(c2ccccc2C(=O)N(C)C)NC1=O. The fourth-order valence-corrected chi connectivity index (χ4v) is 2.18. The van der Waals surface area contributed by atoms with E-state index in [2.05, 4.69) is 10.3 Å². The van der Waals surface area contributed by atoms with Gasteiger partial charge in [-0.15, -0.1) is 0 Å². The van der Waals surface area contributed by atoms with Gasteiger partial charge in [-0.05, 0) is 18.9 Å². The second kappa shape index (κ2) is 5.31. The molecule has 0 saturated carbocycles. The van der Waals surface area contributed by atoms with Crippen molar-refractivity contribution in [3.05, 3.63) is 35.4 Å². The lowest BCUT2D eigenvalue weighted by Crippen LogP contribution is -2.41. The zero-order chi connectivity index (χ0) is 15.8.